The third-order valence-corrected chi connectivity index (χ3v) is 4.62. The van der Waals surface area contributed by atoms with E-state index in [9.17, 15) is 4.79 Å². The third-order valence-electron chi connectivity index (χ3n) is 3.72. The number of ether oxygens (including phenoxy) is 1. The van der Waals surface area contributed by atoms with Crippen molar-refractivity contribution < 1.29 is 9.53 Å². The predicted molar refractivity (Wildman–Crippen MR) is 89.4 cm³/mol. The molecule has 112 valence electrons. The maximum Gasteiger partial charge on any atom is 0.340 e. The molecule has 0 bridgehead atoms. The molecule has 0 fully saturated rings. The lowest BCUT2D eigenvalue weighted by Crippen LogP contribution is -2.06. The molecule has 0 N–H and O–H groups in total. The molecule has 3 nitrogen and oxygen atoms in total. The van der Waals surface area contributed by atoms with Crippen LogP contribution in [0.25, 0.3) is 10.4 Å². The van der Waals surface area contributed by atoms with Crippen LogP contribution >= 0.6 is 11.3 Å². The van der Waals surface area contributed by atoms with E-state index in [1.165, 1.54) is 12.7 Å². The molecule has 0 radical (unpaired) electrons. The maximum absolute atomic E-state index is 12.2. The summed E-state index contributed by atoms with van der Waals surface area (Å²) in [6, 6.07) is 14.2. The van der Waals surface area contributed by atoms with Gasteiger partial charge in [-0.1, -0.05) is 36.4 Å². The van der Waals surface area contributed by atoms with Crippen LogP contribution in [0, 0.1) is 6.92 Å². The second-order valence-corrected chi connectivity index (χ2v) is 6.03. The van der Waals surface area contributed by atoms with Crippen molar-refractivity contribution in [1.82, 2.24) is 4.57 Å². The summed E-state index contributed by atoms with van der Waals surface area (Å²) in [5, 5.41) is 2.01. The molecule has 2 heterocycles. The first-order valence-electron chi connectivity index (χ1n) is 7.06. The largest absolute Gasteiger partial charge is 0.465 e. The highest BCUT2D eigenvalue weighted by Gasteiger charge is 2.21. The summed E-state index contributed by atoms with van der Waals surface area (Å²) in [5.41, 5.74) is 3.73. The number of carbonyl (C=O) groups is 1. The number of rotatable bonds is 4. The fourth-order valence-corrected chi connectivity index (χ4v) is 3.32. The first-order valence-corrected chi connectivity index (χ1v) is 7.94. The van der Waals surface area contributed by atoms with E-state index in [4.69, 9.17) is 4.74 Å². The zero-order valence-electron chi connectivity index (χ0n) is 12.6. The van der Waals surface area contributed by atoms with Gasteiger partial charge in [-0.15, -0.1) is 11.3 Å². The number of hydrogen-bond donors (Lipinski definition) is 0. The second kappa shape index (κ2) is 6.20. The Hall–Kier alpha value is -2.33. The highest BCUT2D eigenvalue weighted by atomic mass is 32.1. The molecular weight excluding hydrogens is 294 g/mol. The molecule has 0 aliphatic rings. The van der Waals surface area contributed by atoms with Crippen LogP contribution in [0.1, 0.15) is 21.6 Å². The first-order chi connectivity index (χ1) is 10.7. The van der Waals surface area contributed by atoms with Crippen LogP contribution in [0.3, 0.4) is 0 Å². The first kappa shape index (κ1) is 14.6. The van der Waals surface area contributed by atoms with E-state index in [2.05, 4.69) is 16.7 Å². The van der Waals surface area contributed by atoms with Crippen molar-refractivity contribution in [3.63, 3.8) is 0 Å². The van der Waals surface area contributed by atoms with Crippen molar-refractivity contribution in [3.8, 4) is 10.4 Å². The zero-order chi connectivity index (χ0) is 15.5. The lowest BCUT2D eigenvalue weighted by molar-refractivity contribution is 0.0600. The molecule has 0 saturated carbocycles. The Bertz CT molecular complexity index is 773. The Balaban J connectivity index is 2.07. The van der Waals surface area contributed by atoms with Gasteiger partial charge < -0.3 is 9.30 Å². The number of benzene rings is 1. The Kier molecular flexibility index (Phi) is 4.11. The van der Waals surface area contributed by atoms with E-state index < -0.39 is 0 Å². The number of carbonyl (C=O) groups excluding carboxylic acids is 1. The minimum Gasteiger partial charge on any atom is -0.465 e. The molecule has 0 unspecified atom stereocenters. The molecule has 0 spiro atoms. The molecular formula is C18H17NO2S. The third kappa shape index (κ3) is 2.70. The van der Waals surface area contributed by atoms with Gasteiger partial charge in [-0.2, -0.15) is 0 Å². The van der Waals surface area contributed by atoms with Crippen molar-refractivity contribution in [3.05, 3.63) is 70.9 Å². The van der Waals surface area contributed by atoms with Gasteiger partial charge in [-0.25, -0.2) is 4.79 Å². The average Bonchev–Trinajstić information content (AvgIpc) is 3.17. The SMILES string of the molecule is COC(=O)c1c(-c2cccs2)cn(Cc2ccccc2)c1C. The Morgan fingerprint density at radius 1 is 1.18 bits per heavy atom. The van der Waals surface area contributed by atoms with Gasteiger partial charge >= 0.3 is 5.97 Å². The molecule has 0 amide bonds. The van der Waals surface area contributed by atoms with Crippen LogP contribution in [0.4, 0.5) is 0 Å². The molecule has 3 rings (SSSR count). The lowest BCUT2D eigenvalue weighted by Gasteiger charge is -2.07. The van der Waals surface area contributed by atoms with Crippen molar-refractivity contribution in [2.75, 3.05) is 7.11 Å². The van der Waals surface area contributed by atoms with Gasteiger partial charge in [0.15, 0.2) is 0 Å². The van der Waals surface area contributed by atoms with Crippen LogP contribution < -0.4 is 0 Å². The van der Waals surface area contributed by atoms with E-state index >= 15 is 0 Å². The van der Waals surface area contributed by atoms with Gasteiger partial charge in [-0.3, -0.25) is 0 Å². The van der Waals surface area contributed by atoms with Crippen LogP contribution in [0.15, 0.2) is 54.0 Å². The summed E-state index contributed by atoms with van der Waals surface area (Å²) in [7, 11) is 1.43. The van der Waals surface area contributed by atoms with Crippen LogP contribution in [-0.4, -0.2) is 17.6 Å². The fourth-order valence-electron chi connectivity index (χ4n) is 2.58. The van der Waals surface area contributed by atoms with E-state index in [0.717, 1.165) is 22.7 Å². The number of hydrogen-bond acceptors (Lipinski definition) is 3. The highest BCUT2D eigenvalue weighted by Crippen LogP contribution is 2.32. The molecule has 3 aromatic rings. The van der Waals surface area contributed by atoms with Gasteiger partial charge in [0.1, 0.15) is 0 Å². The Labute approximate surface area is 133 Å². The smallest absolute Gasteiger partial charge is 0.340 e. The van der Waals surface area contributed by atoms with E-state index in [1.807, 2.05) is 48.8 Å². The van der Waals surface area contributed by atoms with Gasteiger partial charge in [0.25, 0.3) is 0 Å². The molecule has 1 aromatic carbocycles. The second-order valence-electron chi connectivity index (χ2n) is 5.09. The fraction of sp³-hybridized carbons (Fsp3) is 0.167. The summed E-state index contributed by atoms with van der Waals surface area (Å²) < 4.78 is 7.08. The highest BCUT2D eigenvalue weighted by molar-refractivity contribution is 7.13. The normalized spacial score (nSPS) is 10.6. The summed E-state index contributed by atoms with van der Waals surface area (Å²) in [5.74, 6) is -0.285. The summed E-state index contributed by atoms with van der Waals surface area (Å²) in [4.78, 5) is 13.3. The maximum atomic E-state index is 12.2. The quantitative estimate of drug-likeness (QED) is 0.670. The molecule has 0 atom stereocenters. The van der Waals surface area contributed by atoms with Gasteiger partial charge in [-0.05, 0) is 23.9 Å². The molecule has 2 aromatic heterocycles. The van der Waals surface area contributed by atoms with Crippen molar-refractivity contribution in [1.29, 1.82) is 0 Å². The Morgan fingerprint density at radius 3 is 2.59 bits per heavy atom. The van der Waals surface area contributed by atoms with Crippen molar-refractivity contribution >= 4 is 17.3 Å². The molecule has 0 saturated heterocycles. The standard InChI is InChI=1S/C18H17NO2S/c1-13-17(18(20)21-2)15(16-9-6-10-22-16)12-19(13)11-14-7-4-3-5-8-14/h3-10,12H,11H2,1-2H3. The molecule has 22 heavy (non-hydrogen) atoms. The monoisotopic (exact) mass is 311 g/mol. The molecule has 0 aliphatic heterocycles. The van der Waals surface area contributed by atoms with E-state index in [-0.39, 0.29) is 5.97 Å². The molecule has 4 heteroatoms. The Morgan fingerprint density at radius 2 is 1.95 bits per heavy atom. The van der Waals surface area contributed by atoms with E-state index in [1.54, 1.807) is 11.3 Å². The number of methoxy groups -OCH3 is 1. The topological polar surface area (TPSA) is 31.2 Å². The predicted octanol–water partition coefficient (Wildman–Crippen LogP) is 4.36. The van der Waals surface area contributed by atoms with Crippen LogP contribution in [0.2, 0.25) is 0 Å². The number of nitrogens with zero attached hydrogens (tertiary/aromatic N) is 1. The lowest BCUT2D eigenvalue weighted by atomic mass is 10.1. The van der Waals surface area contributed by atoms with Gasteiger partial charge in [0, 0.05) is 28.9 Å². The minimum absolute atomic E-state index is 0.285. The van der Waals surface area contributed by atoms with Crippen LogP contribution in [-0.2, 0) is 11.3 Å². The average molecular weight is 311 g/mol. The molecule has 0 aliphatic carbocycles. The summed E-state index contributed by atoms with van der Waals surface area (Å²) >= 11 is 1.63. The summed E-state index contributed by atoms with van der Waals surface area (Å²) in [6.07, 6.45) is 2.04. The number of thiophene rings is 1. The minimum atomic E-state index is -0.285. The number of esters is 1. The zero-order valence-corrected chi connectivity index (χ0v) is 13.4. The van der Waals surface area contributed by atoms with Crippen molar-refractivity contribution in [2.24, 2.45) is 0 Å². The van der Waals surface area contributed by atoms with E-state index in [0.29, 0.717) is 5.56 Å². The van der Waals surface area contributed by atoms with Crippen LogP contribution in [0.5, 0.6) is 0 Å². The van der Waals surface area contributed by atoms with Gasteiger partial charge in [0.2, 0.25) is 0 Å². The van der Waals surface area contributed by atoms with Gasteiger partial charge in [0.05, 0.1) is 12.7 Å². The summed E-state index contributed by atoms with van der Waals surface area (Å²) in [6.45, 7) is 2.70. The number of aromatic nitrogens is 1. The van der Waals surface area contributed by atoms with Crippen molar-refractivity contribution in [2.45, 2.75) is 13.5 Å².